The van der Waals surface area contributed by atoms with E-state index in [2.05, 4.69) is 18.7 Å². The van der Waals surface area contributed by atoms with Crippen LogP contribution in [0.3, 0.4) is 0 Å². The molecule has 0 atom stereocenters. The van der Waals surface area contributed by atoms with E-state index in [1.807, 2.05) is 19.0 Å². The van der Waals surface area contributed by atoms with Crippen molar-refractivity contribution in [2.45, 2.75) is 116 Å². The molecule has 0 aliphatic rings. The summed E-state index contributed by atoms with van der Waals surface area (Å²) >= 11 is 1.40. The van der Waals surface area contributed by atoms with Gasteiger partial charge in [0, 0.05) is 45.5 Å². The summed E-state index contributed by atoms with van der Waals surface area (Å²) in [4.78, 5) is 29.1. The second-order valence-corrected chi connectivity index (χ2v) is 10.9. The second-order valence-electron chi connectivity index (χ2n) is 9.87. The van der Waals surface area contributed by atoms with E-state index in [0.717, 1.165) is 76.8 Å². The summed E-state index contributed by atoms with van der Waals surface area (Å²) in [6.07, 6.45) is 15.8. The largest absolute Gasteiger partial charge is 0.462 e. The van der Waals surface area contributed by atoms with Crippen molar-refractivity contribution in [2.24, 2.45) is 0 Å². The molecule has 1 amide bonds. The maximum absolute atomic E-state index is 12.6. The van der Waals surface area contributed by atoms with E-state index in [1.165, 1.54) is 50.3 Å². The van der Waals surface area contributed by atoms with Crippen LogP contribution in [0.15, 0.2) is 0 Å². The zero-order valence-electron chi connectivity index (χ0n) is 23.7. The molecular weight excluding hydrogens is 460 g/mol. The Hall–Kier alpha value is -0.790. The highest BCUT2D eigenvalue weighted by Gasteiger charge is 2.16. The Morgan fingerprint density at radius 2 is 1.37 bits per heavy atom. The Kier molecular flexibility index (Phi) is 24.3. The molecule has 0 bridgehead atoms. The number of thioether (sulfide) groups is 1. The zero-order chi connectivity index (χ0) is 26.2. The lowest BCUT2D eigenvalue weighted by molar-refractivity contribution is -0.150. The number of ether oxygens (including phenoxy) is 2. The fourth-order valence-corrected chi connectivity index (χ4v) is 4.95. The molecule has 0 saturated carbocycles. The molecule has 0 rings (SSSR count). The monoisotopic (exact) mass is 516 g/mol. The smallest absolute Gasteiger partial charge is 0.306 e. The number of amides is 1. The van der Waals surface area contributed by atoms with Gasteiger partial charge < -0.3 is 19.3 Å². The van der Waals surface area contributed by atoms with Crippen molar-refractivity contribution >= 4 is 23.0 Å². The third kappa shape index (κ3) is 22.2. The fourth-order valence-electron chi connectivity index (χ4n) is 3.95. The van der Waals surface area contributed by atoms with Crippen LogP contribution in [0.1, 0.15) is 110 Å². The molecule has 0 unspecified atom stereocenters. The molecule has 208 valence electrons. The van der Waals surface area contributed by atoms with Crippen molar-refractivity contribution in [1.29, 1.82) is 0 Å². The molecule has 0 fully saturated rings. The summed E-state index contributed by atoms with van der Waals surface area (Å²) in [6, 6.07) is 0. The summed E-state index contributed by atoms with van der Waals surface area (Å²) in [6.45, 7) is 7.46. The first kappa shape index (κ1) is 34.2. The maximum atomic E-state index is 12.6. The highest BCUT2D eigenvalue weighted by Crippen LogP contribution is 2.17. The molecule has 0 aromatic rings. The topological polar surface area (TPSA) is 59.1 Å². The summed E-state index contributed by atoms with van der Waals surface area (Å²) in [5, 5.41) is 0.149. The third-order valence-electron chi connectivity index (χ3n) is 6.17. The predicted octanol–water partition coefficient (Wildman–Crippen LogP) is 7.15. The zero-order valence-corrected chi connectivity index (χ0v) is 24.5. The molecule has 0 aliphatic carbocycles. The number of hydrogen-bond donors (Lipinski definition) is 0. The van der Waals surface area contributed by atoms with Crippen LogP contribution in [-0.2, 0) is 14.3 Å². The van der Waals surface area contributed by atoms with E-state index in [0.29, 0.717) is 13.0 Å². The predicted molar refractivity (Wildman–Crippen MR) is 150 cm³/mol. The summed E-state index contributed by atoms with van der Waals surface area (Å²) in [7, 11) is 5.74. The minimum Gasteiger partial charge on any atom is -0.462 e. The van der Waals surface area contributed by atoms with Crippen molar-refractivity contribution < 1.29 is 19.1 Å². The van der Waals surface area contributed by atoms with Gasteiger partial charge in [0.15, 0.2) is 0 Å². The Labute approximate surface area is 221 Å². The summed E-state index contributed by atoms with van der Waals surface area (Å²) in [5.74, 6) is 0.754. The van der Waals surface area contributed by atoms with E-state index < -0.39 is 0 Å². The molecule has 35 heavy (non-hydrogen) atoms. The Morgan fingerprint density at radius 3 is 1.94 bits per heavy atom. The Bertz CT molecular complexity index is 493. The van der Waals surface area contributed by atoms with Gasteiger partial charge in [-0.1, -0.05) is 70.6 Å². The number of methoxy groups -OCH3 is 1. The minimum atomic E-state index is -0.0479. The molecule has 0 radical (unpaired) electrons. The molecule has 0 N–H and O–H groups in total. The van der Waals surface area contributed by atoms with Crippen LogP contribution in [0.5, 0.6) is 0 Å². The van der Waals surface area contributed by atoms with Gasteiger partial charge in [0.2, 0.25) is 0 Å². The summed E-state index contributed by atoms with van der Waals surface area (Å²) < 4.78 is 11.0. The number of hydrogen-bond acceptors (Lipinski definition) is 6. The SMILES string of the molecule is CCCCCCC(CCCCCC)OC(=O)CCCCCN(CCCOC)C(=O)SCCN(C)C. The third-order valence-corrected chi connectivity index (χ3v) is 7.06. The van der Waals surface area contributed by atoms with Crippen molar-refractivity contribution in [3.05, 3.63) is 0 Å². The van der Waals surface area contributed by atoms with E-state index in [-0.39, 0.29) is 17.3 Å². The number of nitrogens with zero attached hydrogens (tertiary/aromatic N) is 2. The molecule has 0 heterocycles. The van der Waals surface area contributed by atoms with E-state index >= 15 is 0 Å². The fraction of sp³-hybridized carbons (Fsp3) is 0.929. The standard InChI is InChI=1S/C28H56N2O4S/c1-6-8-10-13-18-26(19-14-11-9-7-2)34-27(31)20-15-12-16-21-30(22-17-24-33-5)28(32)35-25-23-29(3)4/h26H,6-25H2,1-5H3. The molecule has 0 aliphatic heterocycles. The minimum absolute atomic E-state index is 0.0479. The van der Waals surface area contributed by atoms with Gasteiger partial charge in [-0.15, -0.1) is 0 Å². The molecule has 7 heteroatoms. The van der Waals surface area contributed by atoms with Gasteiger partial charge in [-0.3, -0.25) is 9.59 Å². The average Bonchev–Trinajstić information content (AvgIpc) is 2.82. The van der Waals surface area contributed by atoms with Crippen molar-refractivity contribution in [3.63, 3.8) is 0 Å². The normalized spacial score (nSPS) is 11.4. The quantitative estimate of drug-likeness (QED) is 0.100. The molecule has 6 nitrogen and oxygen atoms in total. The first-order valence-electron chi connectivity index (χ1n) is 14.2. The van der Waals surface area contributed by atoms with Crippen LogP contribution in [-0.4, -0.2) is 80.3 Å². The van der Waals surface area contributed by atoms with Crippen LogP contribution < -0.4 is 0 Å². The number of carbonyl (C=O) groups excluding carboxylic acids is 2. The molecule has 0 aromatic carbocycles. The molecule has 0 spiro atoms. The van der Waals surface area contributed by atoms with Gasteiger partial charge >= 0.3 is 5.97 Å². The summed E-state index contributed by atoms with van der Waals surface area (Å²) in [5.41, 5.74) is 0. The van der Waals surface area contributed by atoms with Gasteiger partial charge in [-0.2, -0.15) is 0 Å². The van der Waals surface area contributed by atoms with E-state index in [1.54, 1.807) is 7.11 Å². The lowest BCUT2D eigenvalue weighted by Crippen LogP contribution is -2.31. The van der Waals surface area contributed by atoms with Crippen LogP contribution >= 0.6 is 11.8 Å². The highest BCUT2D eigenvalue weighted by molar-refractivity contribution is 8.13. The van der Waals surface area contributed by atoms with Gasteiger partial charge in [-0.05, 0) is 59.0 Å². The molecular formula is C28H56N2O4S. The highest BCUT2D eigenvalue weighted by atomic mass is 32.2. The van der Waals surface area contributed by atoms with Gasteiger partial charge in [0.05, 0.1) is 0 Å². The van der Waals surface area contributed by atoms with E-state index in [9.17, 15) is 9.59 Å². The van der Waals surface area contributed by atoms with Gasteiger partial charge in [0.1, 0.15) is 6.10 Å². The second kappa shape index (κ2) is 24.9. The van der Waals surface area contributed by atoms with Gasteiger partial charge in [-0.25, -0.2) is 0 Å². The lowest BCUT2D eigenvalue weighted by atomic mass is 10.0. The van der Waals surface area contributed by atoms with Crippen LogP contribution in [0, 0.1) is 0 Å². The molecule has 0 aromatic heterocycles. The van der Waals surface area contributed by atoms with Crippen LogP contribution in [0.25, 0.3) is 0 Å². The average molecular weight is 517 g/mol. The van der Waals surface area contributed by atoms with E-state index in [4.69, 9.17) is 9.47 Å². The van der Waals surface area contributed by atoms with Crippen LogP contribution in [0.2, 0.25) is 0 Å². The number of esters is 1. The lowest BCUT2D eigenvalue weighted by Gasteiger charge is -2.22. The Morgan fingerprint density at radius 1 is 0.771 bits per heavy atom. The number of unbranched alkanes of at least 4 members (excludes halogenated alkanes) is 8. The first-order chi connectivity index (χ1) is 16.9. The first-order valence-corrected chi connectivity index (χ1v) is 15.2. The van der Waals surface area contributed by atoms with Crippen molar-refractivity contribution in [3.8, 4) is 0 Å². The maximum Gasteiger partial charge on any atom is 0.306 e. The number of rotatable bonds is 24. The Balaban J connectivity index is 4.33. The van der Waals surface area contributed by atoms with Crippen molar-refractivity contribution in [1.82, 2.24) is 9.80 Å². The number of carbonyl (C=O) groups is 2. The van der Waals surface area contributed by atoms with Crippen LogP contribution in [0.4, 0.5) is 4.79 Å². The molecule has 0 saturated heterocycles. The van der Waals surface area contributed by atoms with Crippen molar-refractivity contribution in [2.75, 3.05) is 53.2 Å². The van der Waals surface area contributed by atoms with Gasteiger partial charge in [0.25, 0.3) is 5.24 Å².